The molecular formula is C21H32FN3O2. The van der Waals surface area contributed by atoms with Crippen LogP contribution in [0.25, 0.3) is 0 Å². The molecule has 1 aromatic rings. The zero-order valence-corrected chi connectivity index (χ0v) is 16.3. The zero-order valence-electron chi connectivity index (χ0n) is 16.3. The molecule has 150 valence electrons. The number of carbonyl (C=O) groups is 1. The van der Waals surface area contributed by atoms with Gasteiger partial charge in [-0.15, -0.1) is 0 Å². The van der Waals surface area contributed by atoms with Crippen molar-refractivity contribution in [1.82, 2.24) is 15.5 Å². The molecule has 27 heavy (non-hydrogen) atoms. The molecule has 2 saturated heterocycles. The molecule has 2 N–H and O–H groups in total. The molecule has 1 amide bonds. The fourth-order valence-electron chi connectivity index (χ4n) is 4.36. The van der Waals surface area contributed by atoms with Gasteiger partial charge in [-0.2, -0.15) is 0 Å². The number of halogens is 1. The number of ether oxygens (including phenoxy) is 1. The van der Waals surface area contributed by atoms with Crippen LogP contribution in [-0.2, 0) is 16.1 Å². The fraction of sp³-hybridized carbons (Fsp3) is 0.667. The second-order valence-electron chi connectivity index (χ2n) is 8.11. The molecule has 0 spiro atoms. The number of methoxy groups -OCH3 is 1. The molecule has 2 heterocycles. The largest absolute Gasteiger partial charge is 0.384 e. The van der Waals surface area contributed by atoms with Gasteiger partial charge in [0, 0.05) is 32.2 Å². The number of benzene rings is 1. The molecule has 6 heteroatoms. The normalized spacial score (nSPS) is 23.1. The van der Waals surface area contributed by atoms with Gasteiger partial charge in [0.25, 0.3) is 0 Å². The van der Waals surface area contributed by atoms with E-state index >= 15 is 0 Å². The summed E-state index contributed by atoms with van der Waals surface area (Å²) in [7, 11) is 1.73. The topological polar surface area (TPSA) is 53.6 Å². The number of nitrogens with one attached hydrogen (secondary N) is 2. The number of hydrogen-bond acceptors (Lipinski definition) is 4. The van der Waals surface area contributed by atoms with Crippen molar-refractivity contribution in [2.45, 2.75) is 32.2 Å². The number of rotatable bonds is 7. The Morgan fingerprint density at radius 1 is 1.41 bits per heavy atom. The third-order valence-electron chi connectivity index (χ3n) is 5.92. The Hall–Kier alpha value is -1.50. The van der Waals surface area contributed by atoms with E-state index in [1.165, 1.54) is 6.07 Å². The summed E-state index contributed by atoms with van der Waals surface area (Å²) in [6.07, 6.45) is 3.97. The van der Waals surface area contributed by atoms with Crippen LogP contribution in [0.2, 0.25) is 0 Å². The molecule has 1 atom stereocenters. The van der Waals surface area contributed by atoms with Crippen LogP contribution in [0.15, 0.2) is 24.3 Å². The van der Waals surface area contributed by atoms with Gasteiger partial charge < -0.3 is 15.4 Å². The van der Waals surface area contributed by atoms with E-state index in [1.54, 1.807) is 19.2 Å². The highest BCUT2D eigenvalue weighted by Gasteiger charge is 2.34. The van der Waals surface area contributed by atoms with E-state index < -0.39 is 0 Å². The van der Waals surface area contributed by atoms with Crippen molar-refractivity contribution in [2.24, 2.45) is 11.3 Å². The van der Waals surface area contributed by atoms with E-state index in [1.807, 2.05) is 6.07 Å². The third-order valence-corrected chi connectivity index (χ3v) is 5.92. The lowest BCUT2D eigenvalue weighted by molar-refractivity contribution is -0.127. The minimum atomic E-state index is -0.204. The standard InChI is InChI=1S/C21H32FN3O2/c1-27-16-21(7-9-23-10-8-21)15-24-20(26)18-5-3-11-25(14-18)13-17-4-2-6-19(22)12-17/h2,4,6,12,18,23H,3,5,7-11,13-16H2,1H3,(H,24,26). The van der Waals surface area contributed by atoms with E-state index in [0.717, 1.165) is 57.4 Å². The molecule has 0 bridgehead atoms. The van der Waals surface area contributed by atoms with Crippen LogP contribution in [0.3, 0.4) is 0 Å². The van der Waals surface area contributed by atoms with Crippen molar-refractivity contribution in [2.75, 3.05) is 46.4 Å². The van der Waals surface area contributed by atoms with Crippen molar-refractivity contribution >= 4 is 5.91 Å². The van der Waals surface area contributed by atoms with Crippen molar-refractivity contribution in [3.8, 4) is 0 Å². The van der Waals surface area contributed by atoms with Gasteiger partial charge in [0.1, 0.15) is 5.82 Å². The highest BCUT2D eigenvalue weighted by Crippen LogP contribution is 2.28. The SMILES string of the molecule is COCC1(CNC(=O)C2CCCN(Cc3cccc(F)c3)C2)CCNCC1. The van der Waals surface area contributed by atoms with Gasteiger partial charge in [0.05, 0.1) is 12.5 Å². The minimum Gasteiger partial charge on any atom is -0.384 e. The molecule has 1 unspecified atom stereocenters. The first-order chi connectivity index (χ1) is 13.1. The highest BCUT2D eigenvalue weighted by molar-refractivity contribution is 5.79. The number of amides is 1. The molecule has 0 radical (unpaired) electrons. The third kappa shape index (κ3) is 5.74. The quantitative estimate of drug-likeness (QED) is 0.765. The maximum absolute atomic E-state index is 13.4. The van der Waals surface area contributed by atoms with Crippen LogP contribution in [0.4, 0.5) is 4.39 Å². The van der Waals surface area contributed by atoms with Gasteiger partial charge in [-0.1, -0.05) is 12.1 Å². The Kier molecular flexibility index (Phi) is 7.21. The summed E-state index contributed by atoms with van der Waals surface area (Å²) in [5.74, 6) is -0.0502. The number of nitrogens with zero attached hydrogens (tertiary/aromatic N) is 1. The van der Waals surface area contributed by atoms with Crippen LogP contribution in [0.1, 0.15) is 31.2 Å². The predicted molar refractivity (Wildman–Crippen MR) is 104 cm³/mol. The Morgan fingerprint density at radius 3 is 2.96 bits per heavy atom. The maximum Gasteiger partial charge on any atom is 0.224 e. The number of carbonyl (C=O) groups excluding carboxylic acids is 1. The molecular weight excluding hydrogens is 345 g/mol. The van der Waals surface area contributed by atoms with Crippen molar-refractivity contribution in [3.63, 3.8) is 0 Å². The Labute approximate surface area is 161 Å². The lowest BCUT2D eigenvalue weighted by atomic mass is 9.79. The summed E-state index contributed by atoms with van der Waals surface area (Å²) in [6.45, 7) is 5.71. The van der Waals surface area contributed by atoms with Crippen LogP contribution >= 0.6 is 0 Å². The van der Waals surface area contributed by atoms with Gasteiger partial charge in [-0.25, -0.2) is 4.39 Å². The summed E-state index contributed by atoms with van der Waals surface area (Å²) >= 11 is 0. The van der Waals surface area contributed by atoms with Crippen molar-refractivity contribution < 1.29 is 13.9 Å². The molecule has 2 aliphatic heterocycles. The molecule has 1 aromatic carbocycles. The van der Waals surface area contributed by atoms with E-state index in [0.29, 0.717) is 19.7 Å². The lowest BCUT2D eigenvalue weighted by Crippen LogP contribution is -2.49. The lowest BCUT2D eigenvalue weighted by Gasteiger charge is -2.38. The van der Waals surface area contributed by atoms with E-state index in [4.69, 9.17) is 4.74 Å². The first-order valence-electron chi connectivity index (χ1n) is 10.0. The van der Waals surface area contributed by atoms with Gasteiger partial charge in [-0.05, 0) is 63.0 Å². The van der Waals surface area contributed by atoms with Gasteiger partial charge >= 0.3 is 0 Å². The molecule has 0 aromatic heterocycles. The first-order valence-corrected chi connectivity index (χ1v) is 10.0. The van der Waals surface area contributed by atoms with Crippen LogP contribution in [-0.4, -0.2) is 57.2 Å². The number of hydrogen-bond donors (Lipinski definition) is 2. The van der Waals surface area contributed by atoms with Gasteiger partial charge in [-0.3, -0.25) is 9.69 Å². The smallest absolute Gasteiger partial charge is 0.224 e. The summed E-state index contributed by atoms with van der Waals surface area (Å²) in [5, 5.41) is 6.59. The highest BCUT2D eigenvalue weighted by atomic mass is 19.1. The zero-order chi connectivity index (χ0) is 19.1. The monoisotopic (exact) mass is 377 g/mol. The van der Waals surface area contributed by atoms with Crippen molar-refractivity contribution in [1.29, 1.82) is 0 Å². The van der Waals surface area contributed by atoms with Crippen LogP contribution in [0, 0.1) is 17.2 Å². The van der Waals surface area contributed by atoms with E-state index in [2.05, 4.69) is 15.5 Å². The van der Waals surface area contributed by atoms with Gasteiger partial charge in [0.15, 0.2) is 0 Å². The summed E-state index contributed by atoms with van der Waals surface area (Å²) < 4.78 is 18.8. The second kappa shape index (κ2) is 9.62. The fourth-order valence-corrected chi connectivity index (χ4v) is 4.36. The predicted octanol–water partition coefficient (Wildman–Crippen LogP) is 2.17. The average molecular weight is 378 g/mol. The summed E-state index contributed by atoms with van der Waals surface area (Å²) in [5.41, 5.74) is 1.01. The molecule has 2 aliphatic rings. The molecule has 0 saturated carbocycles. The number of likely N-dealkylation sites (tertiary alicyclic amines) is 1. The Balaban J connectivity index is 1.51. The van der Waals surface area contributed by atoms with Gasteiger partial charge in [0.2, 0.25) is 5.91 Å². The average Bonchev–Trinajstić information content (AvgIpc) is 2.67. The van der Waals surface area contributed by atoms with Crippen LogP contribution in [0.5, 0.6) is 0 Å². The maximum atomic E-state index is 13.4. The Morgan fingerprint density at radius 2 is 2.22 bits per heavy atom. The van der Waals surface area contributed by atoms with Crippen molar-refractivity contribution in [3.05, 3.63) is 35.6 Å². The number of piperidine rings is 2. The molecule has 5 nitrogen and oxygen atoms in total. The molecule has 0 aliphatic carbocycles. The second-order valence-corrected chi connectivity index (χ2v) is 8.11. The molecule has 3 rings (SSSR count). The first kappa shape index (κ1) is 20.2. The van der Waals surface area contributed by atoms with E-state index in [-0.39, 0.29) is 23.1 Å². The van der Waals surface area contributed by atoms with E-state index in [9.17, 15) is 9.18 Å². The summed E-state index contributed by atoms with van der Waals surface area (Å²) in [4.78, 5) is 15.0. The molecule has 2 fully saturated rings. The minimum absolute atomic E-state index is 0.00798. The summed E-state index contributed by atoms with van der Waals surface area (Å²) in [6, 6.07) is 6.73. The Bertz CT molecular complexity index is 614. The van der Waals surface area contributed by atoms with Crippen LogP contribution < -0.4 is 10.6 Å².